The molecule has 0 spiro atoms. The first-order valence-electron chi connectivity index (χ1n) is 8.06. The van der Waals surface area contributed by atoms with Gasteiger partial charge >= 0.3 is 6.36 Å². The van der Waals surface area contributed by atoms with Crippen LogP contribution in [-0.2, 0) is 14.8 Å². The van der Waals surface area contributed by atoms with Crippen LogP contribution in [0.15, 0.2) is 53.4 Å². The van der Waals surface area contributed by atoms with E-state index < -0.39 is 27.6 Å². The van der Waals surface area contributed by atoms with Crippen LogP contribution in [0, 0.1) is 5.41 Å². The van der Waals surface area contributed by atoms with Crippen molar-refractivity contribution in [2.75, 3.05) is 10.0 Å². The zero-order chi connectivity index (χ0) is 21.2. The highest BCUT2D eigenvalue weighted by Crippen LogP contribution is 2.25. The van der Waals surface area contributed by atoms with Gasteiger partial charge in [-0.1, -0.05) is 20.8 Å². The van der Waals surface area contributed by atoms with Gasteiger partial charge in [-0.15, -0.1) is 13.2 Å². The molecule has 0 heterocycles. The molecule has 1 amide bonds. The predicted molar refractivity (Wildman–Crippen MR) is 98.5 cm³/mol. The van der Waals surface area contributed by atoms with E-state index in [4.69, 9.17) is 0 Å². The molecule has 10 heteroatoms. The third-order valence-corrected chi connectivity index (χ3v) is 4.84. The number of hydrogen-bond acceptors (Lipinski definition) is 4. The molecule has 0 fully saturated rings. The number of hydrogen-bond donors (Lipinski definition) is 2. The molecule has 0 aliphatic heterocycles. The quantitative estimate of drug-likeness (QED) is 0.758. The Labute approximate surface area is 160 Å². The normalized spacial score (nSPS) is 12.4. The fourth-order valence-electron chi connectivity index (χ4n) is 1.97. The molecule has 152 valence electrons. The first kappa shape index (κ1) is 21.5. The summed E-state index contributed by atoms with van der Waals surface area (Å²) in [6.45, 7) is 5.28. The number of carbonyl (C=O) groups is 1. The lowest BCUT2D eigenvalue weighted by molar-refractivity contribution is -0.274. The second-order valence-corrected chi connectivity index (χ2v) is 8.59. The van der Waals surface area contributed by atoms with E-state index in [1.807, 2.05) is 0 Å². The van der Waals surface area contributed by atoms with Crippen LogP contribution in [0.4, 0.5) is 24.5 Å². The highest BCUT2D eigenvalue weighted by atomic mass is 32.2. The molecule has 2 aromatic carbocycles. The Morgan fingerprint density at radius 1 is 0.893 bits per heavy atom. The van der Waals surface area contributed by atoms with Gasteiger partial charge in [0.05, 0.1) is 4.90 Å². The van der Waals surface area contributed by atoms with Gasteiger partial charge in [0.2, 0.25) is 5.91 Å². The summed E-state index contributed by atoms with van der Waals surface area (Å²) in [6.07, 6.45) is -4.86. The molecular weight excluding hydrogens is 397 g/mol. The smallest absolute Gasteiger partial charge is 0.406 e. The highest BCUT2D eigenvalue weighted by Gasteiger charge is 2.31. The number of anilines is 2. The van der Waals surface area contributed by atoms with E-state index in [1.165, 1.54) is 24.3 Å². The predicted octanol–water partition coefficient (Wildman–Crippen LogP) is 4.37. The zero-order valence-corrected chi connectivity index (χ0v) is 16.1. The second-order valence-electron chi connectivity index (χ2n) is 6.91. The molecule has 0 saturated heterocycles. The summed E-state index contributed by atoms with van der Waals surface area (Å²) >= 11 is 0. The first-order chi connectivity index (χ1) is 12.8. The second kappa shape index (κ2) is 7.70. The van der Waals surface area contributed by atoms with Crippen LogP contribution in [0.3, 0.4) is 0 Å². The number of halogens is 3. The average molecular weight is 416 g/mol. The number of nitrogens with one attached hydrogen (secondary N) is 2. The molecule has 0 bridgehead atoms. The van der Waals surface area contributed by atoms with Gasteiger partial charge in [0.25, 0.3) is 10.0 Å². The number of rotatable bonds is 5. The van der Waals surface area contributed by atoms with Gasteiger partial charge in [0.15, 0.2) is 0 Å². The molecule has 2 N–H and O–H groups in total. The van der Waals surface area contributed by atoms with Crippen LogP contribution >= 0.6 is 0 Å². The monoisotopic (exact) mass is 416 g/mol. The van der Waals surface area contributed by atoms with Crippen LogP contribution in [0.2, 0.25) is 0 Å². The van der Waals surface area contributed by atoms with Gasteiger partial charge in [-0.25, -0.2) is 8.42 Å². The van der Waals surface area contributed by atoms with Crippen molar-refractivity contribution in [1.82, 2.24) is 0 Å². The first-order valence-corrected chi connectivity index (χ1v) is 9.55. The zero-order valence-electron chi connectivity index (χ0n) is 15.3. The Hall–Kier alpha value is -2.75. The molecule has 0 saturated carbocycles. The van der Waals surface area contributed by atoms with E-state index in [2.05, 4.69) is 14.8 Å². The highest BCUT2D eigenvalue weighted by molar-refractivity contribution is 7.92. The maximum absolute atomic E-state index is 12.3. The van der Waals surface area contributed by atoms with Gasteiger partial charge in [0, 0.05) is 16.8 Å². The van der Waals surface area contributed by atoms with Crippen LogP contribution < -0.4 is 14.8 Å². The van der Waals surface area contributed by atoms with Gasteiger partial charge in [-0.2, -0.15) is 0 Å². The minimum atomic E-state index is -4.86. The average Bonchev–Trinajstić information content (AvgIpc) is 2.54. The van der Waals surface area contributed by atoms with Crippen molar-refractivity contribution in [2.45, 2.75) is 32.0 Å². The maximum atomic E-state index is 12.3. The standard InChI is InChI=1S/C18H19F3N2O4S/c1-17(2,3)16(24)22-12-4-6-13(7-5-12)23-28(25,26)15-10-8-14(9-11-15)27-18(19,20)21/h4-11,23H,1-3H3,(H,22,24). The molecule has 0 aromatic heterocycles. The fourth-order valence-corrected chi connectivity index (χ4v) is 3.03. The Kier molecular flexibility index (Phi) is 5.93. The summed E-state index contributed by atoms with van der Waals surface area (Å²) in [5.74, 6) is -0.715. The Balaban J connectivity index is 2.08. The summed E-state index contributed by atoms with van der Waals surface area (Å²) in [4.78, 5) is 11.7. The van der Waals surface area contributed by atoms with Crippen molar-refractivity contribution >= 4 is 27.3 Å². The molecule has 6 nitrogen and oxygen atoms in total. The van der Waals surface area contributed by atoms with E-state index >= 15 is 0 Å². The maximum Gasteiger partial charge on any atom is 0.573 e. The Morgan fingerprint density at radius 2 is 1.39 bits per heavy atom. The van der Waals surface area contributed by atoms with Gasteiger partial charge in [-0.05, 0) is 48.5 Å². The summed E-state index contributed by atoms with van der Waals surface area (Å²) < 4.78 is 67.2. The lowest BCUT2D eigenvalue weighted by Gasteiger charge is -2.17. The van der Waals surface area contributed by atoms with Gasteiger partial charge in [0.1, 0.15) is 5.75 Å². The summed E-state index contributed by atoms with van der Waals surface area (Å²) in [7, 11) is -4.01. The van der Waals surface area contributed by atoms with E-state index in [0.717, 1.165) is 24.3 Å². The number of ether oxygens (including phenoxy) is 1. The third kappa shape index (κ3) is 6.15. The Morgan fingerprint density at radius 3 is 1.86 bits per heavy atom. The number of sulfonamides is 1. The summed E-state index contributed by atoms with van der Waals surface area (Å²) in [5, 5.41) is 2.71. The van der Waals surface area contributed by atoms with E-state index in [1.54, 1.807) is 20.8 Å². The lowest BCUT2D eigenvalue weighted by Crippen LogP contribution is -2.27. The van der Waals surface area contributed by atoms with Crippen LogP contribution in [-0.4, -0.2) is 20.7 Å². The molecule has 28 heavy (non-hydrogen) atoms. The molecule has 0 atom stereocenters. The molecule has 0 radical (unpaired) electrons. The number of amides is 1. The minimum Gasteiger partial charge on any atom is -0.406 e. The molecule has 2 aromatic rings. The topological polar surface area (TPSA) is 84.5 Å². The number of alkyl halides is 3. The van der Waals surface area contributed by atoms with Crippen LogP contribution in [0.5, 0.6) is 5.75 Å². The van der Waals surface area contributed by atoms with E-state index in [-0.39, 0.29) is 16.5 Å². The number of benzene rings is 2. The van der Waals surface area contributed by atoms with Crippen LogP contribution in [0.1, 0.15) is 20.8 Å². The van der Waals surface area contributed by atoms with Crippen molar-refractivity contribution < 1.29 is 31.1 Å². The van der Waals surface area contributed by atoms with Gasteiger partial charge < -0.3 is 10.1 Å². The van der Waals surface area contributed by atoms with E-state index in [0.29, 0.717) is 5.69 Å². The molecular formula is C18H19F3N2O4S. The molecule has 0 aliphatic rings. The van der Waals surface area contributed by atoms with Crippen molar-refractivity contribution in [3.05, 3.63) is 48.5 Å². The largest absolute Gasteiger partial charge is 0.573 e. The fraction of sp³-hybridized carbons (Fsp3) is 0.278. The molecule has 0 aliphatic carbocycles. The van der Waals surface area contributed by atoms with Crippen molar-refractivity contribution in [1.29, 1.82) is 0 Å². The number of carbonyl (C=O) groups excluding carboxylic acids is 1. The Bertz CT molecular complexity index is 933. The summed E-state index contributed by atoms with van der Waals surface area (Å²) in [5.41, 5.74) is 0.142. The van der Waals surface area contributed by atoms with Crippen molar-refractivity contribution in [3.63, 3.8) is 0 Å². The minimum absolute atomic E-state index is 0.193. The molecule has 0 unspecified atom stereocenters. The lowest BCUT2D eigenvalue weighted by atomic mass is 9.95. The third-order valence-electron chi connectivity index (χ3n) is 3.44. The van der Waals surface area contributed by atoms with Crippen molar-refractivity contribution in [3.8, 4) is 5.75 Å². The summed E-state index contributed by atoms with van der Waals surface area (Å²) in [6, 6.07) is 9.79. The van der Waals surface area contributed by atoms with Gasteiger partial charge in [-0.3, -0.25) is 9.52 Å². The van der Waals surface area contributed by atoms with E-state index in [9.17, 15) is 26.4 Å². The van der Waals surface area contributed by atoms with Crippen LogP contribution in [0.25, 0.3) is 0 Å². The molecule has 2 rings (SSSR count). The van der Waals surface area contributed by atoms with Crippen molar-refractivity contribution in [2.24, 2.45) is 5.41 Å². The SMILES string of the molecule is CC(C)(C)C(=O)Nc1ccc(NS(=O)(=O)c2ccc(OC(F)(F)F)cc2)cc1.